The minimum Gasteiger partial charge on any atom is -0.487 e. The van der Waals surface area contributed by atoms with Crippen molar-refractivity contribution in [3.63, 3.8) is 0 Å². The number of carbonyl (C=O) groups excluding carboxylic acids is 1. The lowest BCUT2D eigenvalue weighted by atomic mass is 10.1. The third-order valence-electron chi connectivity index (χ3n) is 7.32. The minimum atomic E-state index is 0. The Morgan fingerprint density at radius 1 is 0.810 bits per heavy atom. The van der Waals surface area contributed by atoms with Crippen LogP contribution >= 0.6 is 12.4 Å². The first-order valence-electron chi connectivity index (χ1n) is 14.1. The number of aromatic nitrogens is 1. The second-order valence-electron chi connectivity index (χ2n) is 10.6. The van der Waals surface area contributed by atoms with Crippen LogP contribution in [0.25, 0.3) is 6.08 Å². The molecule has 1 fully saturated rings. The molecule has 1 saturated heterocycles. The molecular weight excluding hydrogens is 546 g/mol. The first-order valence-corrected chi connectivity index (χ1v) is 14.1. The van der Waals surface area contributed by atoms with E-state index in [1.807, 2.05) is 42.2 Å². The predicted molar refractivity (Wildman–Crippen MR) is 170 cm³/mol. The van der Waals surface area contributed by atoms with Crippen LogP contribution in [0.5, 0.6) is 17.4 Å². The fraction of sp³-hybridized carbons (Fsp3) is 0.257. The van der Waals surface area contributed by atoms with Crippen molar-refractivity contribution in [2.45, 2.75) is 33.9 Å². The maximum atomic E-state index is 12.8. The van der Waals surface area contributed by atoms with Gasteiger partial charge in [0.1, 0.15) is 18.1 Å². The lowest BCUT2D eigenvalue weighted by Gasteiger charge is -2.34. The second kappa shape index (κ2) is 14.7. The number of hydrogen-bond donors (Lipinski definition) is 0. The normalized spacial score (nSPS) is 13.5. The van der Waals surface area contributed by atoms with E-state index in [-0.39, 0.29) is 18.3 Å². The van der Waals surface area contributed by atoms with E-state index in [4.69, 9.17) is 9.47 Å². The topological polar surface area (TPSA) is 54.9 Å². The number of rotatable bonds is 9. The van der Waals surface area contributed by atoms with E-state index in [9.17, 15) is 4.79 Å². The molecule has 5 rings (SSSR count). The number of nitrogens with zero attached hydrogens (tertiary/aromatic N) is 3. The summed E-state index contributed by atoms with van der Waals surface area (Å²) in [6, 6.07) is 26.4. The molecule has 0 N–H and O–H groups in total. The molecule has 7 heteroatoms. The Morgan fingerprint density at radius 3 is 2.07 bits per heavy atom. The zero-order valence-electron chi connectivity index (χ0n) is 24.5. The first-order chi connectivity index (χ1) is 19.9. The van der Waals surface area contributed by atoms with Crippen LogP contribution in [0.3, 0.4) is 0 Å². The molecule has 6 nitrogen and oxygen atoms in total. The van der Waals surface area contributed by atoms with E-state index >= 15 is 0 Å². The third-order valence-corrected chi connectivity index (χ3v) is 7.32. The molecule has 0 atom stereocenters. The number of benzene rings is 3. The minimum absolute atomic E-state index is 0. The van der Waals surface area contributed by atoms with Crippen molar-refractivity contribution in [1.82, 2.24) is 14.8 Å². The molecule has 1 amide bonds. The SMILES string of the molecule is Cc1ccc(COc2ccc(Oc3ccc(C=CC(=O)N4CCN(Cc5ccc(C)cc5)CC4)c(C)c3)nc2)cc1.Cl. The molecule has 218 valence electrons. The summed E-state index contributed by atoms with van der Waals surface area (Å²) in [5, 5.41) is 0. The largest absolute Gasteiger partial charge is 0.487 e. The molecule has 0 aliphatic carbocycles. The average molecular weight is 584 g/mol. The number of pyridine rings is 1. The van der Waals surface area contributed by atoms with Gasteiger partial charge in [0, 0.05) is 44.9 Å². The van der Waals surface area contributed by atoms with Crippen LogP contribution in [0.15, 0.2) is 91.1 Å². The van der Waals surface area contributed by atoms with Crippen LogP contribution in [0, 0.1) is 20.8 Å². The van der Waals surface area contributed by atoms with Crippen molar-refractivity contribution in [2.24, 2.45) is 0 Å². The molecule has 0 radical (unpaired) electrons. The Morgan fingerprint density at radius 2 is 1.45 bits per heavy atom. The first kappa shape index (κ1) is 30.8. The van der Waals surface area contributed by atoms with Gasteiger partial charge in [0.05, 0.1) is 6.20 Å². The predicted octanol–water partition coefficient (Wildman–Crippen LogP) is 7.16. The van der Waals surface area contributed by atoms with Crippen LogP contribution in [-0.2, 0) is 17.9 Å². The molecule has 0 spiro atoms. The summed E-state index contributed by atoms with van der Waals surface area (Å²) < 4.78 is 11.8. The van der Waals surface area contributed by atoms with Crippen molar-refractivity contribution in [2.75, 3.05) is 26.2 Å². The molecule has 0 bridgehead atoms. The lowest BCUT2D eigenvalue weighted by molar-refractivity contribution is -0.127. The summed E-state index contributed by atoms with van der Waals surface area (Å²) in [6.07, 6.45) is 5.23. The van der Waals surface area contributed by atoms with Gasteiger partial charge in [-0.15, -0.1) is 12.4 Å². The number of hydrogen-bond acceptors (Lipinski definition) is 5. The molecule has 1 aliphatic rings. The van der Waals surface area contributed by atoms with Gasteiger partial charge in [-0.05, 0) is 67.3 Å². The van der Waals surface area contributed by atoms with E-state index in [0.29, 0.717) is 24.0 Å². The van der Waals surface area contributed by atoms with Crippen LogP contribution in [0.1, 0.15) is 33.4 Å². The highest BCUT2D eigenvalue weighted by molar-refractivity contribution is 5.92. The average Bonchev–Trinajstić information content (AvgIpc) is 2.99. The summed E-state index contributed by atoms with van der Waals surface area (Å²) >= 11 is 0. The Labute approximate surface area is 255 Å². The van der Waals surface area contributed by atoms with Gasteiger partial charge in [-0.3, -0.25) is 9.69 Å². The number of halogens is 1. The quantitative estimate of drug-likeness (QED) is 0.196. The van der Waals surface area contributed by atoms with Crippen molar-refractivity contribution < 1.29 is 14.3 Å². The molecule has 1 aliphatic heterocycles. The molecule has 0 saturated carbocycles. The number of amides is 1. The second-order valence-corrected chi connectivity index (χ2v) is 10.6. The highest BCUT2D eigenvalue weighted by Gasteiger charge is 2.19. The fourth-order valence-corrected chi connectivity index (χ4v) is 4.73. The van der Waals surface area contributed by atoms with Gasteiger partial charge in [0.25, 0.3) is 0 Å². The van der Waals surface area contributed by atoms with Gasteiger partial charge >= 0.3 is 0 Å². The zero-order chi connectivity index (χ0) is 28.6. The molecule has 0 unspecified atom stereocenters. The van der Waals surface area contributed by atoms with Gasteiger partial charge < -0.3 is 14.4 Å². The summed E-state index contributed by atoms with van der Waals surface area (Å²) in [4.78, 5) is 21.5. The maximum absolute atomic E-state index is 12.8. The Bertz CT molecular complexity index is 1480. The lowest BCUT2D eigenvalue weighted by Crippen LogP contribution is -2.47. The van der Waals surface area contributed by atoms with E-state index in [1.54, 1.807) is 18.3 Å². The number of piperazine rings is 1. The third kappa shape index (κ3) is 8.68. The molecule has 42 heavy (non-hydrogen) atoms. The molecular formula is C35H38ClN3O3. The van der Waals surface area contributed by atoms with Crippen LogP contribution in [0.4, 0.5) is 0 Å². The van der Waals surface area contributed by atoms with Crippen LogP contribution in [-0.4, -0.2) is 46.9 Å². The van der Waals surface area contributed by atoms with Crippen molar-refractivity contribution in [1.29, 1.82) is 0 Å². The van der Waals surface area contributed by atoms with E-state index in [2.05, 4.69) is 72.3 Å². The van der Waals surface area contributed by atoms with Crippen molar-refractivity contribution in [3.8, 4) is 17.4 Å². The van der Waals surface area contributed by atoms with Gasteiger partial charge in [-0.2, -0.15) is 0 Å². The molecule has 4 aromatic rings. The standard InChI is InChI=1S/C35H37N3O3.ClH/c1-26-4-8-29(9-5-26)24-37-18-20-38(21-19-37)35(39)17-13-31-12-14-32(22-28(31)3)41-34-16-15-33(23-36-34)40-25-30-10-6-27(2)7-11-30;/h4-17,22-23H,18-21,24-25H2,1-3H3;1H. The fourth-order valence-electron chi connectivity index (χ4n) is 4.73. The summed E-state index contributed by atoms with van der Waals surface area (Å²) in [6.45, 7) is 10.8. The zero-order valence-corrected chi connectivity index (χ0v) is 25.3. The number of ether oxygens (including phenoxy) is 2. The van der Waals surface area contributed by atoms with E-state index in [0.717, 1.165) is 49.4 Å². The van der Waals surface area contributed by atoms with Crippen molar-refractivity contribution >= 4 is 24.4 Å². The van der Waals surface area contributed by atoms with Gasteiger partial charge in [0.2, 0.25) is 11.8 Å². The highest BCUT2D eigenvalue weighted by atomic mass is 35.5. The summed E-state index contributed by atoms with van der Waals surface area (Å²) in [5.74, 6) is 1.92. The Balaban J connectivity index is 0.00000405. The number of aryl methyl sites for hydroxylation is 3. The Hall–Kier alpha value is -4.13. The van der Waals surface area contributed by atoms with E-state index < -0.39 is 0 Å². The maximum Gasteiger partial charge on any atom is 0.246 e. The number of carbonyl (C=O) groups is 1. The smallest absolute Gasteiger partial charge is 0.246 e. The summed E-state index contributed by atoms with van der Waals surface area (Å²) in [5.41, 5.74) is 6.93. The molecule has 1 aromatic heterocycles. The van der Waals surface area contributed by atoms with Gasteiger partial charge in [-0.25, -0.2) is 4.98 Å². The van der Waals surface area contributed by atoms with E-state index in [1.165, 1.54) is 16.7 Å². The highest BCUT2D eigenvalue weighted by Crippen LogP contribution is 2.25. The van der Waals surface area contributed by atoms with Crippen LogP contribution in [0.2, 0.25) is 0 Å². The van der Waals surface area contributed by atoms with Gasteiger partial charge in [0.15, 0.2) is 0 Å². The molecule has 3 aromatic carbocycles. The summed E-state index contributed by atoms with van der Waals surface area (Å²) in [7, 11) is 0. The van der Waals surface area contributed by atoms with Gasteiger partial charge in [-0.1, -0.05) is 65.7 Å². The van der Waals surface area contributed by atoms with Crippen LogP contribution < -0.4 is 9.47 Å². The monoisotopic (exact) mass is 583 g/mol. The molecule has 2 heterocycles. The van der Waals surface area contributed by atoms with Crippen molar-refractivity contribution in [3.05, 3.63) is 125 Å². The Kier molecular flexibility index (Phi) is 10.8.